The first kappa shape index (κ1) is 17.7. The molecule has 6 heteroatoms. The van der Waals surface area contributed by atoms with Crippen molar-refractivity contribution in [3.05, 3.63) is 71.8 Å². The smallest absolute Gasteiger partial charge is 0.262 e. The summed E-state index contributed by atoms with van der Waals surface area (Å²) in [5.74, 6) is 0. The van der Waals surface area contributed by atoms with Crippen molar-refractivity contribution in [1.82, 2.24) is 5.32 Å². The summed E-state index contributed by atoms with van der Waals surface area (Å²) in [5.41, 5.74) is 3.05. The minimum absolute atomic E-state index is 0. The number of benzene rings is 3. The first-order valence-electron chi connectivity index (χ1n) is 7.97. The fourth-order valence-electron chi connectivity index (χ4n) is 3.18. The van der Waals surface area contributed by atoms with E-state index in [1.54, 1.807) is 12.1 Å². The van der Waals surface area contributed by atoms with Crippen LogP contribution in [0.25, 0.3) is 10.8 Å². The molecule has 0 aliphatic carbocycles. The van der Waals surface area contributed by atoms with Gasteiger partial charge >= 0.3 is 0 Å². The van der Waals surface area contributed by atoms with Gasteiger partial charge in [0.2, 0.25) is 0 Å². The maximum atomic E-state index is 12.9. The molecule has 0 saturated heterocycles. The van der Waals surface area contributed by atoms with Crippen molar-refractivity contribution >= 4 is 38.9 Å². The standard InChI is InChI=1S/C19H18N2O2S.ClH/c22-24(23,19-7-3-5-14-4-1-2-6-18(14)19)21-17-9-8-16-13-20-11-10-15(16)12-17;/h1-9,12,20-21H,10-11,13H2;1H. The second-order valence-corrected chi connectivity index (χ2v) is 7.64. The van der Waals surface area contributed by atoms with Gasteiger partial charge in [-0.25, -0.2) is 8.42 Å². The number of fused-ring (bicyclic) bond motifs is 2. The third-order valence-electron chi connectivity index (χ3n) is 4.38. The van der Waals surface area contributed by atoms with Gasteiger partial charge in [-0.05, 0) is 47.7 Å². The van der Waals surface area contributed by atoms with Crippen molar-refractivity contribution in [2.45, 2.75) is 17.9 Å². The van der Waals surface area contributed by atoms with Crippen LogP contribution in [-0.4, -0.2) is 15.0 Å². The molecule has 0 radical (unpaired) electrons. The highest BCUT2D eigenvalue weighted by Crippen LogP contribution is 2.26. The molecule has 0 aromatic heterocycles. The summed E-state index contributed by atoms with van der Waals surface area (Å²) in [7, 11) is -3.63. The van der Waals surface area contributed by atoms with E-state index in [1.165, 1.54) is 11.1 Å². The normalized spacial score (nSPS) is 13.8. The Morgan fingerprint density at radius 2 is 1.72 bits per heavy atom. The Labute approximate surface area is 153 Å². The highest BCUT2D eigenvalue weighted by Gasteiger charge is 2.18. The molecule has 1 aliphatic heterocycles. The van der Waals surface area contributed by atoms with Crippen LogP contribution in [0, 0.1) is 0 Å². The van der Waals surface area contributed by atoms with Gasteiger partial charge in [-0.15, -0.1) is 12.4 Å². The van der Waals surface area contributed by atoms with Gasteiger partial charge in [-0.2, -0.15) is 0 Å². The van der Waals surface area contributed by atoms with E-state index in [1.807, 2.05) is 48.5 Å². The molecule has 0 spiro atoms. The van der Waals surface area contributed by atoms with Crippen molar-refractivity contribution in [1.29, 1.82) is 0 Å². The predicted molar refractivity (Wildman–Crippen MR) is 104 cm³/mol. The Balaban J connectivity index is 0.00000182. The average molecular weight is 375 g/mol. The van der Waals surface area contributed by atoms with Gasteiger partial charge in [-0.3, -0.25) is 4.72 Å². The molecule has 1 heterocycles. The summed E-state index contributed by atoms with van der Waals surface area (Å²) in [6.07, 6.45) is 0.916. The molecule has 0 saturated carbocycles. The molecule has 3 aromatic carbocycles. The van der Waals surface area contributed by atoms with E-state index in [0.29, 0.717) is 10.6 Å². The van der Waals surface area contributed by atoms with Crippen molar-refractivity contribution in [2.75, 3.05) is 11.3 Å². The van der Waals surface area contributed by atoms with Crippen LogP contribution in [0.1, 0.15) is 11.1 Å². The van der Waals surface area contributed by atoms with Crippen LogP contribution in [-0.2, 0) is 23.0 Å². The number of hydrogen-bond acceptors (Lipinski definition) is 3. The average Bonchev–Trinajstić information content (AvgIpc) is 2.61. The van der Waals surface area contributed by atoms with Gasteiger partial charge in [0.1, 0.15) is 0 Å². The molecule has 0 bridgehead atoms. The first-order valence-corrected chi connectivity index (χ1v) is 9.45. The molecule has 4 rings (SSSR count). The molecule has 0 unspecified atom stereocenters. The maximum absolute atomic E-state index is 12.9. The highest BCUT2D eigenvalue weighted by molar-refractivity contribution is 7.93. The highest BCUT2D eigenvalue weighted by atomic mass is 35.5. The van der Waals surface area contributed by atoms with Crippen LogP contribution in [0.2, 0.25) is 0 Å². The second-order valence-electron chi connectivity index (χ2n) is 5.99. The van der Waals surface area contributed by atoms with E-state index < -0.39 is 10.0 Å². The van der Waals surface area contributed by atoms with Gasteiger partial charge in [-0.1, -0.05) is 42.5 Å². The fraction of sp³-hybridized carbons (Fsp3) is 0.158. The lowest BCUT2D eigenvalue weighted by atomic mass is 10.0. The largest absolute Gasteiger partial charge is 0.312 e. The van der Waals surface area contributed by atoms with E-state index in [2.05, 4.69) is 10.0 Å². The predicted octanol–water partition coefficient (Wildman–Crippen LogP) is 3.71. The van der Waals surface area contributed by atoms with E-state index >= 15 is 0 Å². The van der Waals surface area contributed by atoms with E-state index in [9.17, 15) is 8.42 Å². The zero-order valence-corrected chi connectivity index (χ0v) is 15.2. The summed E-state index contributed by atoms with van der Waals surface area (Å²) < 4.78 is 28.4. The SMILES string of the molecule is Cl.O=S(=O)(Nc1ccc2c(c1)CCNC2)c1cccc2ccccc12. The van der Waals surface area contributed by atoms with Crippen molar-refractivity contribution in [3.63, 3.8) is 0 Å². The number of sulfonamides is 1. The van der Waals surface area contributed by atoms with Crippen LogP contribution >= 0.6 is 12.4 Å². The van der Waals surface area contributed by atoms with Crippen molar-refractivity contribution in [2.24, 2.45) is 0 Å². The van der Waals surface area contributed by atoms with Crippen LogP contribution < -0.4 is 10.0 Å². The van der Waals surface area contributed by atoms with Gasteiger partial charge in [0.25, 0.3) is 10.0 Å². The third kappa shape index (κ3) is 3.49. The number of halogens is 1. The molecular weight excluding hydrogens is 356 g/mol. The zero-order valence-electron chi connectivity index (χ0n) is 13.5. The second kappa shape index (κ2) is 7.04. The van der Waals surface area contributed by atoms with Gasteiger partial charge in [0.15, 0.2) is 0 Å². The van der Waals surface area contributed by atoms with Gasteiger partial charge in [0, 0.05) is 17.6 Å². The van der Waals surface area contributed by atoms with E-state index in [-0.39, 0.29) is 12.4 Å². The van der Waals surface area contributed by atoms with Crippen molar-refractivity contribution in [3.8, 4) is 0 Å². The molecule has 0 atom stereocenters. The maximum Gasteiger partial charge on any atom is 0.262 e. The quantitative estimate of drug-likeness (QED) is 0.734. The molecule has 0 amide bonds. The summed E-state index contributed by atoms with van der Waals surface area (Å²) in [4.78, 5) is 0.306. The molecule has 130 valence electrons. The molecule has 3 aromatic rings. The van der Waals surface area contributed by atoms with E-state index in [4.69, 9.17) is 0 Å². The molecule has 4 nitrogen and oxygen atoms in total. The Morgan fingerprint density at radius 1 is 0.920 bits per heavy atom. The summed E-state index contributed by atoms with van der Waals surface area (Å²) >= 11 is 0. The summed E-state index contributed by atoms with van der Waals surface area (Å²) in [6, 6.07) is 18.6. The Morgan fingerprint density at radius 3 is 2.60 bits per heavy atom. The van der Waals surface area contributed by atoms with Crippen molar-refractivity contribution < 1.29 is 8.42 Å². The lowest BCUT2D eigenvalue weighted by Crippen LogP contribution is -2.23. The third-order valence-corrected chi connectivity index (χ3v) is 5.82. The Bertz CT molecular complexity index is 1010. The minimum Gasteiger partial charge on any atom is -0.312 e. The summed E-state index contributed by atoms with van der Waals surface area (Å²) in [6.45, 7) is 1.76. The van der Waals surface area contributed by atoms with Crippen LogP contribution in [0.15, 0.2) is 65.6 Å². The van der Waals surface area contributed by atoms with E-state index in [0.717, 1.165) is 30.3 Å². The van der Waals surface area contributed by atoms with Crippen LogP contribution in [0.4, 0.5) is 5.69 Å². The molecule has 0 fully saturated rings. The van der Waals surface area contributed by atoms with Crippen LogP contribution in [0.3, 0.4) is 0 Å². The summed E-state index contributed by atoms with van der Waals surface area (Å²) in [5, 5.41) is 4.96. The fourth-order valence-corrected chi connectivity index (χ4v) is 4.46. The van der Waals surface area contributed by atoms with Gasteiger partial charge in [0.05, 0.1) is 4.90 Å². The van der Waals surface area contributed by atoms with Gasteiger partial charge < -0.3 is 5.32 Å². The minimum atomic E-state index is -3.63. The molecule has 1 aliphatic rings. The first-order chi connectivity index (χ1) is 11.6. The number of rotatable bonds is 3. The number of nitrogens with one attached hydrogen (secondary N) is 2. The molecule has 2 N–H and O–H groups in total. The van der Waals surface area contributed by atoms with Crippen LogP contribution in [0.5, 0.6) is 0 Å². The Kier molecular flexibility index (Phi) is 4.99. The monoisotopic (exact) mass is 374 g/mol. The molecule has 25 heavy (non-hydrogen) atoms. The zero-order chi connectivity index (χ0) is 16.6. The molecular formula is C19H19ClN2O2S. The topological polar surface area (TPSA) is 58.2 Å². The number of hydrogen-bond donors (Lipinski definition) is 2. The lowest BCUT2D eigenvalue weighted by Gasteiger charge is -2.18. The Hall–Kier alpha value is -2.08. The lowest BCUT2D eigenvalue weighted by molar-refractivity contribution is 0.602. The number of anilines is 1.